The minimum absolute atomic E-state index is 0.307. The maximum atomic E-state index is 12.8. The molecule has 1 aliphatic rings. The Balaban J connectivity index is 1.36. The Kier molecular flexibility index (Phi) is 5.24. The Morgan fingerprint density at radius 2 is 1.78 bits per heavy atom. The molecule has 0 atom stereocenters. The number of anilines is 2. The summed E-state index contributed by atoms with van der Waals surface area (Å²) in [5.74, 6) is 0.752. The van der Waals surface area contributed by atoms with Crippen LogP contribution in [-0.4, -0.2) is 68.8 Å². The van der Waals surface area contributed by atoms with E-state index in [0.717, 1.165) is 48.1 Å². The SMILES string of the molecule is CN1CCN(c2nccc(C(=O)Nc3cc4cc(-c5cnn(C)c5)ccc4cn3)n2)CC1. The van der Waals surface area contributed by atoms with Crippen molar-refractivity contribution in [3.63, 3.8) is 0 Å². The summed E-state index contributed by atoms with van der Waals surface area (Å²) >= 11 is 0. The van der Waals surface area contributed by atoms with Crippen molar-refractivity contribution in [2.75, 3.05) is 43.4 Å². The molecule has 1 N–H and O–H groups in total. The fraction of sp³-hybridized carbons (Fsp3) is 0.261. The van der Waals surface area contributed by atoms with Gasteiger partial charge in [0.25, 0.3) is 5.91 Å². The van der Waals surface area contributed by atoms with Crippen LogP contribution in [0.3, 0.4) is 0 Å². The Morgan fingerprint density at radius 1 is 0.938 bits per heavy atom. The van der Waals surface area contributed by atoms with Gasteiger partial charge >= 0.3 is 0 Å². The van der Waals surface area contributed by atoms with E-state index in [4.69, 9.17) is 0 Å². The van der Waals surface area contributed by atoms with E-state index in [2.05, 4.69) is 48.3 Å². The zero-order valence-corrected chi connectivity index (χ0v) is 18.1. The van der Waals surface area contributed by atoms with E-state index in [9.17, 15) is 4.79 Å². The average Bonchev–Trinajstić information content (AvgIpc) is 3.25. The molecular formula is C23H24N8O. The largest absolute Gasteiger partial charge is 0.338 e. The van der Waals surface area contributed by atoms with Gasteiger partial charge in [-0.05, 0) is 36.2 Å². The van der Waals surface area contributed by atoms with Gasteiger partial charge in [-0.1, -0.05) is 12.1 Å². The van der Waals surface area contributed by atoms with Crippen LogP contribution < -0.4 is 10.2 Å². The van der Waals surface area contributed by atoms with Crippen molar-refractivity contribution >= 4 is 28.4 Å². The number of rotatable bonds is 4. The zero-order chi connectivity index (χ0) is 22.1. The molecule has 1 fully saturated rings. The monoisotopic (exact) mass is 428 g/mol. The Labute approximate surface area is 185 Å². The van der Waals surface area contributed by atoms with Gasteiger partial charge in [-0.25, -0.2) is 15.0 Å². The maximum absolute atomic E-state index is 12.8. The molecule has 0 unspecified atom stereocenters. The Hall–Kier alpha value is -3.85. The summed E-state index contributed by atoms with van der Waals surface area (Å²) in [5, 5.41) is 9.08. The number of amides is 1. The van der Waals surface area contributed by atoms with Crippen LogP contribution in [0, 0.1) is 0 Å². The zero-order valence-electron chi connectivity index (χ0n) is 18.1. The van der Waals surface area contributed by atoms with Gasteiger partial charge in [-0.15, -0.1) is 0 Å². The molecule has 0 aliphatic carbocycles. The van der Waals surface area contributed by atoms with Crippen molar-refractivity contribution in [3.8, 4) is 11.1 Å². The molecule has 1 aromatic carbocycles. The summed E-state index contributed by atoms with van der Waals surface area (Å²) in [5.41, 5.74) is 2.41. The van der Waals surface area contributed by atoms with Crippen LogP contribution in [0.4, 0.5) is 11.8 Å². The van der Waals surface area contributed by atoms with Crippen LogP contribution in [0.1, 0.15) is 10.5 Å². The third-order valence-corrected chi connectivity index (χ3v) is 5.66. The molecule has 32 heavy (non-hydrogen) atoms. The third-order valence-electron chi connectivity index (χ3n) is 5.66. The highest BCUT2D eigenvalue weighted by Crippen LogP contribution is 2.25. The molecule has 1 amide bonds. The number of pyridine rings is 1. The number of piperazine rings is 1. The third kappa shape index (κ3) is 4.15. The van der Waals surface area contributed by atoms with Crippen LogP contribution in [-0.2, 0) is 7.05 Å². The second-order valence-corrected chi connectivity index (χ2v) is 8.02. The molecule has 4 heterocycles. The summed E-state index contributed by atoms with van der Waals surface area (Å²) < 4.78 is 1.77. The molecule has 162 valence electrons. The molecule has 9 heteroatoms. The quantitative estimate of drug-likeness (QED) is 0.534. The molecule has 9 nitrogen and oxygen atoms in total. The molecule has 3 aromatic heterocycles. The fourth-order valence-electron chi connectivity index (χ4n) is 3.77. The lowest BCUT2D eigenvalue weighted by molar-refractivity contribution is 0.102. The Morgan fingerprint density at radius 3 is 2.56 bits per heavy atom. The van der Waals surface area contributed by atoms with Crippen molar-refractivity contribution in [1.29, 1.82) is 0 Å². The van der Waals surface area contributed by atoms with Crippen LogP contribution in [0.5, 0.6) is 0 Å². The lowest BCUT2D eigenvalue weighted by Crippen LogP contribution is -2.45. The molecule has 1 saturated heterocycles. The number of aryl methyl sites for hydroxylation is 1. The highest BCUT2D eigenvalue weighted by molar-refractivity contribution is 6.03. The van der Waals surface area contributed by atoms with Crippen molar-refractivity contribution in [2.45, 2.75) is 0 Å². The van der Waals surface area contributed by atoms with E-state index in [0.29, 0.717) is 17.5 Å². The molecule has 0 bridgehead atoms. The van der Waals surface area contributed by atoms with Crippen molar-refractivity contribution in [3.05, 3.63) is 60.8 Å². The number of nitrogens with one attached hydrogen (secondary N) is 1. The molecule has 1 aliphatic heterocycles. The summed E-state index contributed by atoms with van der Waals surface area (Å²) in [4.78, 5) is 30.4. The number of fused-ring (bicyclic) bond motifs is 1. The number of aromatic nitrogens is 5. The molecular weight excluding hydrogens is 404 g/mol. The van der Waals surface area contributed by atoms with Crippen LogP contribution >= 0.6 is 0 Å². The van der Waals surface area contributed by atoms with E-state index in [1.54, 1.807) is 23.1 Å². The molecule has 4 aromatic rings. The predicted molar refractivity (Wildman–Crippen MR) is 124 cm³/mol. The van der Waals surface area contributed by atoms with Crippen LogP contribution in [0.25, 0.3) is 21.9 Å². The Bertz CT molecular complexity index is 1280. The fourth-order valence-corrected chi connectivity index (χ4v) is 3.77. The standard InChI is InChI=1S/C23H24N8O/c1-29-7-9-31(10-8-29)23-24-6-5-20(27-23)22(32)28-21-12-18-11-16(3-4-17(18)13-25-21)19-14-26-30(2)15-19/h3-6,11-15H,7-10H2,1-2H3,(H,25,28,32). The second kappa shape index (κ2) is 8.35. The van der Waals surface area contributed by atoms with E-state index >= 15 is 0 Å². The molecule has 0 radical (unpaired) electrons. The first-order valence-electron chi connectivity index (χ1n) is 10.5. The summed E-state index contributed by atoms with van der Waals surface area (Å²) in [6.45, 7) is 3.57. The maximum Gasteiger partial charge on any atom is 0.275 e. The van der Waals surface area contributed by atoms with Crippen molar-refractivity contribution < 1.29 is 4.79 Å². The first kappa shape index (κ1) is 20.1. The minimum atomic E-state index is -0.307. The van der Waals surface area contributed by atoms with E-state index in [1.807, 2.05) is 37.6 Å². The van der Waals surface area contributed by atoms with Gasteiger partial charge in [0.2, 0.25) is 5.95 Å². The summed E-state index contributed by atoms with van der Waals surface area (Å²) in [6.07, 6.45) is 7.19. The normalized spacial score (nSPS) is 14.6. The number of nitrogens with zero attached hydrogens (tertiary/aromatic N) is 7. The number of hydrogen-bond donors (Lipinski definition) is 1. The lowest BCUT2D eigenvalue weighted by Gasteiger charge is -2.32. The van der Waals surface area contributed by atoms with Crippen LogP contribution in [0.15, 0.2) is 55.1 Å². The van der Waals surface area contributed by atoms with Crippen molar-refractivity contribution in [2.24, 2.45) is 7.05 Å². The van der Waals surface area contributed by atoms with E-state index < -0.39 is 0 Å². The number of carbonyl (C=O) groups excluding carboxylic acids is 1. The van der Waals surface area contributed by atoms with Gasteiger partial charge in [0.05, 0.1) is 6.20 Å². The van der Waals surface area contributed by atoms with Gasteiger partial charge in [0.15, 0.2) is 0 Å². The van der Waals surface area contributed by atoms with Gasteiger partial charge < -0.3 is 15.1 Å². The van der Waals surface area contributed by atoms with Gasteiger partial charge in [-0.2, -0.15) is 5.10 Å². The average molecular weight is 429 g/mol. The molecule has 0 saturated carbocycles. The number of likely N-dealkylation sites (N-methyl/N-ethyl adjacent to an activating group) is 1. The molecule has 0 spiro atoms. The lowest BCUT2D eigenvalue weighted by atomic mass is 10.1. The summed E-state index contributed by atoms with van der Waals surface area (Å²) in [6, 6.07) is 9.62. The van der Waals surface area contributed by atoms with E-state index in [1.165, 1.54) is 0 Å². The number of hydrogen-bond acceptors (Lipinski definition) is 7. The minimum Gasteiger partial charge on any atom is -0.338 e. The number of benzene rings is 1. The highest BCUT2D eigenvalue weighted by Gasteiger charge is 2.18. The van der Waals surface area contributed by atoms with Gasteiger partial charge in [-0.3, -0.25) is 9.48 Å². The smallest absolute Gasteiger partial charge is 0.275 e. The predicted octanol–water partition coefficient (Wildman–Crippen LogP) is 2.43. The van der Waals surface area contributed by atoms with Crippen molar-refractivity contribution in [1.82, 2.24) is 29.6 Å². The van der Waals surface area contributed by atoms with Gasteiger partial charge in [0, 0.05) is 62.8 Å². The first-order valence-corrected chi connectivity index (χ1v) is 10.5. The highest BCUT2D eigenvalue weighted by atomic mass is 16.1. The van der Waals surface area contributed by atoms with Crippen LogP contribution in [0.2, 0.25) is 0 Å². The van der Waals surface area contributed by atoms with Gasteiger partial charge in [0.1, 0.15) is 11.5 Å². The summed E-state index contributed by atoms with van der Waals surface area (Å²) in [7, 11) is 3.99. The first-order chi connectivity index (χ1) is 15.5. The molecule has 5 rings (SSSR count). The number of carbonyl (C=O) groups is 1. The van der Waals surface area contributed by atoms with E-state index in [-0.39, 0.29) is 5.91 Å². The second-order valence-electron chi connectivity index (χ2n) is 8.02. The topological polar surface area (TPSA) is 92.1 Å².